The van der Waals surface area contributed by atoms with Gasteiger partial charge in [-0.1, -0.05) is 19.3 Å². The third-order valence-electron chi connectivity index (χ3n) is 4.89. The van der Waals surface area contributed by atoms with Gasteiger partial charge in [-0.25, -0.2) is 4.79 Å². The molecule has 18 heavy (non-hydrogen) atoms. The van der Waals surface area contributed by atoms with E-state index in [0.29, 0.717) is 12.1 Å². The van der Waals surface area contributed by atoms with Crippen molar-refractivity contribution in [2.45, 2.75) is 57.0 Å². The highest BCUT2D eigenvalue weighted by atomic mass is 16.2. The van der Waals surface area contributed by atoms with Gasteiger partial charge in [-0.2, -0.15) is 0 Å². The lowest BCUT2D eigenvalue weighted by Gasteiger charge is -2.31. The first kappa shape index (κ1) is 12.3. The van der Waals surface area contributed by atoms with Crippen LogP contribution in [0.25, 0.3) is 0 Å². The molecule has 2 unspecified atom stereocenters. The molecule has 4 heteroatoms. The fourth-order valence-electron chi connectivity index (χ4n) is 3.80. The molecule has 3 rings (SSSR count). The van der Waals surface area contributed by atoms with E-state index in [0.717, 1.165) is 32.0 Å². The second-order valence-electron chi connectivity index (χ2n) is 6.11. The third-order valence-corrected chi connectivity index (χ3v) is 4.89. The van der Waals surface area contributed by atoms with Crippen molar-refractivity contribution < 1.29 is 4.79 Å². The third kappa shape index (κ3) is 2.48. The Balaban J connectivity index is 1.58. The largest absolute Gasteiger partial charge is 0.333 e. The fourth-order valence-corrected chi connectivity index (χ4v) is 3.80. The average Bonchev–Trinajstić information content (AvgIpc) is 2.83. The highest BCUT2D eigenvalue weighted by Crippen LogP contribution is 2.29. The number of urea groups is 1. The van der Waals surface area contributed by atoms with E-state index in [1.54, 1.807) is 0 Å². The van der Waals surface area contributed by atoms with Crippen LogP contribution in [0.15, 0.2) is 0 Å². The maximum atomic E-state index is 12.1. The lowest BCUT2D eigenvalue weighted by atomic mass is 9.84. The number of amides is 2. The number of nitrogens with one attached hydrogen (secondary N) is 2. The number of rotatable bonds is 2. The van der Waals surface area contributed by atoms with Crippen LogP contribution < -0.4 is 10.6 Å². The van der Waals surface area contributed by atoms with Gasteiger partial charge in [-0.15, -0.1) is 0 Å². The topological polar surface area (TPSA) is 44.4 Å². The Bertz CT molecular complexity index is 295. The van der Waals surface area contributed by atoms with Gasteiger partial charge in [-0.3, -0.25) is 0 Å². The molecule has 2 atom stereocenters. The molecule has 0 aromatic rings. The van der Waals surface area contributed by atoms with Crippen molar-refractivity contribution >= 4 is 6.03 Å². The molecule has 2 amide bonds. The van der Waals surface area contributed by atoms with Crippen molar-refractivity contribution in [3.63, 3.8) is 0 Å². The van der Waals surface area contributed by atoms with Crippen molar-refractivity contribution in [2.75, 3.05) is 19.6 Å². The van der Waals surface area contributed by atoms with E-state index >= 15 is 0 Å². The molecular weight excluding hydrogens is 226 g/mol. The molecular formula is C14H25N3O. The SMILES string of the molecule is O=C1NC(C2CCCCC2)CN1C1CCCNC1. The van der Waals surface area contributed by atoms with Gasteiger partial charge in [0.15, 0.2) is 0 Å². The minimum absolute atomic E-state index is 0.180. The zero-order chi connectivity index (χ0) is 12.4. The molecule has 4 nitrogen and oxygen atoms in total. The zero-order valence-corrected chi connectivity index (χ0v) is 11.2. The van der Waals surface area contributed by atoms with Crippen LogP contribution >= 0.6 is 0 Å². The maximum Gasteiger partial charge on any atom is 0.318 e. The number of hydrogen-bond acceptors (Lipinski definition) is 2. The summed E-state index contributed by atoms with van der Waals surface area (Å²) >= 11 is 0. The summed E-state index contributed by atoms with van der Waals surface area (Å²) in [6.07, 6.45) is 9.06. The Hall–Kier alpha value is -0.770. The van der Waals surface area contributed by atoms with E-state index in [-0.39, 0.29) is 6.03 Å². The molecule has 1 aliphatic carbocycles. The molecule has 0 spiro atoms. The number of hydrogen-bond donors (Lipinski definition) is 2. The summed E-state index contributed by atoms with van der Waals surface area (Å²) in [4.78, 5) is 14.2. The van der Waals surface area contributed by atoms with Crippen LogP contribution in [-0.4, -0.2) is 42.6 Å². The Morgan fingerprint density at radius 1 is 1.06 bits per heavy atom. The summed E-state index contributed by atoms with van der Waals surface area (Å²) in [5, 5.41) is 6.64. The van der Waals surface area contributed by atoms with Crippen molar-refractivity contribution in [3.8, 4) is 0 Å². The quantitative estimate of drug-likeness (QED) is 0.785. The normalized spacial score (nSPS) is 34.7. The first-order chi connectivity index (χ1) is 8.84. The standard InChI is InChI=1S/C14H25N3O/c18-14-16-13(11-5-2-1-3-6-11)10-17(14)12-7-4-8-15-9-12/h11-13,15H,1-10H2,(H,16,18). The molecule has 102 valence electrons. The van der Waals surface area contributed by atoms with Crippen molar-refractivity contribution in [1.82, 2.24) is 15.5 Å². The van der Waals surface area contributed by atoms with Crippen LogP contribution in [0, 0.1) is 5.92 Å². The second kappa shape index (κ2) is 5.47. The summed E-state index contributed by atoms with van der Waals surface area (Å²) < 4.78 is 0. The lowest BCUT2D eigenvalue weighted by Crippen LogP contribution is -2.47. The molecule has 2 saturated heterocycles. The van der Waals surface area contributed by atoms with E-state index in [2.05, 4.69) is 15.5 Å². The van der Waals surface area contributed by atoms with Crippen LogP contribution in [0.2, 0.25) is 0 Å². The van der Waals surface area contributed by atoms with E-state index in [4.69, 9.17) is 0 Å². The highest BCUT2D eigenvalue weighted by molar-refractivity contribution is 5.77. The highest BCUT2D eigenvalue weighted by Gasteiger charge is 2.37. The molecule has 0 bridgehead atoms. The van der Waals surface area contributed by atoms with Gasteiger partial charge >= 0.3 is 6.03 Å². The number of carbonyl (C=O) groups excluding carboxylic acids is 1. The molecule has 0 aromatic carbocycles. The summed E-state index contributed by atoms with van der Waals surface area (Å²) in [5.74, 6) is 0.726. The second-order valence-corrected chi connectivity index (χ2v) is 6.11. The summed E-state index contributed by atoms with van der Waals surface area (Å²) in [6, 6.07) is 1.02. The zero-order valence-electron chi connectivity index (χ0n) is 11.2. The van der Waals surface area contributed by atoms with E-state index < -0.39 is 0 Å². The average molecular weight is 251 g/mol. The number of nitrogens with zero attached hydrogens (tertiary/aromatic N) is 1. The van der Waals surface area contributed by atoms with Crippen molar-refractivity contribution in [3.05, 3.63) is 0 Å². The Kier molecular flexibility index (Phi) is 3.73. The van der Waals surface area contributed by atoms with E-state index in [9.17, 15) is 4.79 Å². The predicted octanol–water partition coefficient (Wildman–Crippen LogP) is 1.71. The number of carbonyl (C=O) groups is 1. The van der Waals surface area contributed by atoms with Gasteiger partial charge in [0.25, 0.3) is 0 Å². The van der Waals surface area contributed by atoms with E-state index in [1.807, 2.05) is 0 Å². The summed E-state index contributed by atoms with van der Waals surface area (Å²) in [5.41, 5.74) is 0. The van der Waals surface area contributed by atoms with Crippen molar-refractivity contribution in [2.24, 2.45) is 5.92 Å². The molecule has 0 aromatic heterocycles. The van der Waals surface area contributed by atoms with Gasteiger partial charge < -0.3 is 15.5 Å². The predicted molar refractivity (Wildman–Crippen MR) is 71.5 cm³/mol. The molecule has 0 radical (unpaired) electrons. The molecule has 1 saturated carbocycles. The fraction of sp³-hybridized carbons (Fsp3) is 0.929. The first-order valence-electron chi connectivity index (χ1n) is 7.62. The van der Waals surface area contributed by atoms with Crippen LogP contribution in [0.1, 0.15) is 44.9 Å². The number of piperidine rings is 1. The lowest BCUT2D eigenvalue weighted by molar-refractivity contribution is 0.181. The van der Waals surface area contributed by atoms with Crippen LogP contribution in [0.4, 0.5) is 4.79 Å². The Labute approximate surface area is 109 Å². The molecule has 3 aliphatic rings. The molecule has 2 aliphatic heterocycles. The summed E-state index contributed by atoms with van der Waals surface area (Å²) in [7, 11) is 0. The maximum absolute atomic E-state index is 12.1. The first-order valence-corrected chi connectivity index (χ1v) is 7.62. The Morgan fingerprint density at radius 2 is 1.89 bits per heavy atom. The van der Waals surface area contributed by atoms with Gasteiger partial charge in [-0.05, 0) is 38.1 Å². The van der Waals surface area contributed by atoms with Gasteiger partial charge in [0, 0.05) is 19.1 Å². The van der Waals surface area contributed by atoms with E-state index in [1.165, 1.54) is 38.5 Å². The monoisotopic (exact) mass is 251 g/mol. The van der Waals surface area contributed by atoms with Crippen LogP contribution in [0.5, 0.6) is 0 Å². The van der Waals surface area contributed by atoms with Crippen LogP contribution in [-0.2, 0) is 0 Å². The van der Waals surface area contributed by atoms with Gasteiger partial charge in [0.05, 0.1) is 6.04 Å². The molecule has 3 fully saturated rings. The summed E-state index contributed by atoms with van der Waals surface area (Å²) in [6.45, 7) is 3.03. The van der Waals surface area contributed by atoms with Gasteiger partial charge in [0.1, 0.15) is 0 Å². The van der Waals surface area contributed by atoms with Crippen LogP contribution in [0.3, 0.4) is 0 Å². The smallest absolute Gasteiger partial charge is 0.318 e. The minimum Gasteiger partial charge on any atom is -0.333 e. The molecule has 2 heterocycles. The molecule has 2 N–H and O–H groups in total. The minimum atomic E-state index is 0.180. The van der Waals surface area contributed by atoms with Gasteiger partial charge in [0.2, 0.25) is 0 Å². The Morgan fingerprint density at radius 3 is 2.61 bits per heavy atom. The van der Waals surface area contributed by atoms with Crippen molar-refractivity contribution in [1.29, 1.82) is 0 Å².